The van der Waals surface area contributed by atoms with E-state index in [4.69, 9.17) is 0 Å². The van der Waals surface area contributed by atoms with E-state index >= 15 is 0 Å². The van der Waals surface area contributed by atoms with Crippen LogP contribution in [-0.4, -0.2) is 56.7 Å². The summed E-state index contributed by atoms with van der Waals surface area (Å²) in [7, 11) is 0. The van der Waals surface area contributed by atoms with Crippen LogP contribution < -0.4 is 10.2 Å². The normalized spacial score (nSPS) is 15.2. The number of rotatable bonds is 2. The molecule has 1 N–H and O–H groups in total. The van der Waals surface area contributed by atoms with E-state index in [0.717, 1.165) is 30.4 Å². The van der Waals surface area contributed by atoms with Crippen molar-refractivity contribution in [3.05, 3.63) is 24.8 Å². The van der Waals surface area contributed by atoms with Crippen LogP contribution in [0.4, 0.5) is 15.6 Å². The number of urea groups is 1. The molecule has 2 aromatic rings. The van der Waals surface area contributed by atoms with Crippen molar-refractivity contribution < 1.29 is 4.79 Å². The van der Waals surface area contributed by atoms with Gasteiger partial charge in [0, 0.05) is 50.1 Å². The van der Waals surface area contributed by atoms with Gasteiger partial charge >= 0.3 is 6.03 Å². The summed E-state index contributed by atoms with van der Waals surface area (Å²) >= 11 is 1.16. The number of amides is 2. The molecule has 0 bridgehead atoms. The smallest absolute Gasteiger partial charge is 0.322 e. The first-order chi connectivity index (χ1) is 9.83. The number of carbonyl (C=O) groups is 1. The van der Waals surface area contributed by atoms with E-state index in [-0.39, 0.29) is 6.03 Å². The first-order valence-corrected chi connectivity index (χ1v) is 6.94. The second kappa shape index (κ2) is 5.78. The number of anilines is 2. The predicted molar refractivity (Wildman–Crippen MR) is 74.7 cm³/mol. The molecule has 9 heteroatoms. The van der Waals surface area contributed by atoms with Gasteiger partial charge in [0.25, 0.3) is 0 Å². The summed E-state index contributed by atoms with van der Waals surface area (Å²) in [4.78, 5) is 24.2. The molecule has 0 aromatic carbocycles. The van der Waals surface area contributed by atoms with Gasteiger partial charge in [-0.1, -0.05) is 4.49 Å². The molecule has 3 rings (SSSR count). The maximum absolute atomic E-state index is 12.0. The SMILES string of the molecule is O=C(Nc1cnns1)N1CCN(c2cnccn2)CC1. The lowest BCUT2D eigenvalue weighted by Gasteiger charge is -2.34. The number of hydrogen-bond donors (Lipinski definition) is 1. The van der Waals surface area contributed by atoms with Crippen LogP contribution in [-0.2, 0) is 0 Å². The van der Waals surface area contributed by atoms with E-state index < -0.39 is 0 Å². The van der Waals surface area contributed by atoms with E-state index in [1.54, 1.807) is 29.7 Å². The molecule has 8 nitrogen and oxygen atoms in total. The number of nitrogens with one attached hydrogen (secondary N) is 1. The first kappa shape index (κ1) is 12.7. The lowest BCUT2D eigenvalue weighted by Crippen LogP contribution is -2.50. The van der Waals surface area contributed by atoms with Crippen LogP contribution in [0.3, 0.4) is 0 Å². The summed E-state index contributed by atoms with van der Waals surface area (Å²) < 4.78 is 3.71. The average molecular weight is 291 g/mol. The minimum atomic E-state index is -0.116. The molecule has 0 spiro atoms. The predicted octanol–water partition coefficient (Wildman–Crippen LogP) is 0.682. The average Bonchev–Trinajstić information content (AvgIpc) is 3.01. The first-order valence-electron chi connectivity index (χ1n) is 6.17. The number of nitrogens with zero attached hydrogens (tertiary/aromatic N) is 6. The Balaban J connectivity index is 1.54. The van der Waals surface area contributed by atoms with Gasteiger partial charge in [0.1, 0.15) is 10.8 Å². The molecule has 20 heavy (non-hydrogen) atoms. The lowest BCUT2D eigenvalue weighted by atomic mass is 10.3. The van der Waals surface area contributed by atoms with Crippen molar-refractivity contribution >= 4 is 28.4 Å². The van der Waals surface area contributed by atoms with E-state index in [0.29, 0.717) is 18.1 Å². The van der Waals surface area contributed by atoms with Crippen molar-refractivity contribution in [3.63, 3.8) is 0 Å². The highest BCUT2D eigenvalue weighted by atomic mass is 32.1. The largest absolute Gasteiger partial charge is 0.352 e. The third-order valence-electron chi connectivity index (χ3n) is 3.03. The standard InChI is InChI=1S/C11H13N7OS/c19-11(15-10-8-14-16-20-10)18-5-3-17(4-6-18)9-7-12-1-2-13-9/h1-2,7-8H,3-6H2,(H,15,19). The summed E-state index contributed by atoms with van der Waals surface area (Å²) in [5.74, 6) is 0.846. The molecule has 3 heterocycles. The number of aromatic nitrogens is 4. The van der Waals surface area contributed by atoms with Gasteiger partial charge in [-0.3, -0.25) is 10.3 Å². The molecule has 1 fully saturated rings. The fraction of sp³-hybridized carbons (Fsp3) is 0.364. The monoisotopic (exact) mass is 291 g/mol. The van der Waals surface area contributed by atoms with Crippen LogP contribution in [0.25, 0.3) is 0 Å². The number of piperazine rings is 1. The van der Waals surface area contributed by atoms with Crippen LogP contribution in [0, 0.1) is 0 Å². The summed E-state index contributed by atoms with van der Waals surface area (Å²) in [5.41, 5.74) is 0. The zero-order valence-electron chi connectivity index (χ0n) is 10.6. The summed E-state index contributed by atoms with van der Waals surface area (Å²) in [6.45, 7) is 2.78. The molecule has 0 atom stereocenters. The summed E-state index contributed by atoms with van der Waals surface area (Å²) in [6, 6.07) is -0.116. The van der Waals surface area contributed by atoms with Crippen LogP contribution in [0.15, 0.2) is 24.8 Å². The molecule has 2 aromatic heterocycles. The van der Waals surface area contributed by atoms with Crippen LogP contribution in [0.1, 0.15) is 0 Å². The minimum Gasteiger partial charge on any atom is -0.352 e. The van der Waals surface area contributed by atoms with Gasteiger partial charge in [0.2, 0.25) is 0 Å². The van der Waals surface area contributed by atoms with Gasteiger partial charge in [0.05, 0.1) is 12.4 Å². The van der Waals surface area contributed by atoms with Crippen LogP contribution in [0.5, 0.6) is 0 Å². The van der Waals surface area contributed by atoms with Gasteiger partial charge in [-0.15, -0.1) is 5.10 Å². The topological polar surface area (TPSA) is 87.1 Å². The zero-order valence-corrected chi connectivity index (χ0v) is 11.5. The second-order valence-corrected chi connectivity index (χ2v) is 5.04. The summed E-state index contributed by atoms with van der Waals surface area (Å²) in [6.07, 6.45) is 6.60. The third-order valence-corrected chi connectivity index (χ3v) is 3.61. The minimum absolute atomic E-state index is 0.116. The van der Waals surface area contributed by atoms with Crippen molar-refractivity contribution in [2.75, 3.05) is 36.4 Å². The lowest BCUT2D eigenvalue weighted by molar-refractivity contribution is 0.208. The van der Waals surface area contributed by atoms with Gasteiger partial charge in [0.15, 0.2) is 0 Å². The number of carbonyl (C=O) groups excluding carboxylic acids is 1. The Hall–Kier alpha value is -2.29. The molecular weight excluding hydrogens is 278 g/mol. The Morgan fingerprint density at radius 2 is 2.05 bits per heavy atom. The maximum atomic E-state index is 12.0. The molecule has 0 aliphatic carbocycles. The zero-order chi connectivity index (χ0) is 13.8. The highest BCUT2D eigenvalue weighted by Crippen LogP contribution is 2.14. The van der Waals surface area contributed by atoms with E-state index in [1.165, 1.54) is 0 Å². The van der Waals surface area contributed by atoms with E-state index in [1.807, 2.05) is 0 Å². The van der Waals surface area contributed by atoms with Gasteiger partial charge in [-0.25, -0.2) is 9.78 Å². The molecule has 1 aliphatic rings. The van der Waals surface area contributed by atoms with E-state index in [9.17, 15) is 4.79 Å². The maximum Gasteiger partial charge on any atom is 0.322 e. The van der Waals surface area contributed by atoms with Crippen molar-refractivity contribution in [1.29, 1.82) is 0 Å². The van der Waals surface area contributed by atoms with Crippen LogP contribution >= 0.6 is 11.5 Å². The van der Waals surface area contributed by atoms with Gasteiger partial charge < -0.3 is 9.80 Å². The molecular formula is C11H13N7OS. The van der Waals surface area contributed by atoms with Crippen LogP contribution in [0.2, 0.25) is 0 Å². The second-order valence-electron chi connectivity index (χ2n) is 4.25. The Labute approximate surface area is 119 Å². The molecule has 0 unspecified atom stereocenters. The molecule has 1 saturated heterocycles. The van der Waals surface area contributed by atoms with Gasteiger partial charge in [-0.2, -0.15) is 0 Å². The Morgan fingerprint density at radius 3 is 2.70 bits per heavy atom. The molecule has 104 valence electrons. The van der Waals surface area contributed by atoms with E-state index in [2.05, 4.69) is 29.8 Å². The fourth-order valence-electron chi connectivity index (χ4n) is 2.00. The summed E-state index contributed by atoms with van der Waals surface area (Å²) in [5, 5.41) is 7.12. The fourth-order valence-corrected chi connectivity index (χ4v) is 2.41. The van der Waals surface area contributed by atoms with Crippen molar-refractivity contribution in [2.45, 2.75) is 0 Å². The molecule has 0 radical (unpaired) electrons. The third kappa shape index (κ3) is 2.82. The molecule has 0 saturated carbocycles. The van der Waals surface area contributed by atoms with Crippen molar-refractivity contribution in [1.82, 2.24) is 24.5 Å². The molecule has 1 aliphatic heterocycles. The quantitative estimate of drug-likeness (QED) is 0.875. The highest BCUT2D eigenvalue weighted by molar-refractivity contribution is 7.10. The molecule has 2 amide bonds. The Morgan fingerprint density at radius 1 is 1.20 bits per heavy atom. The number of hydrogen-bond acceptors (Lipinski definition) is 7. The highest BCUT2D eigenvalue weighted by Gasteiger charge is 2.22. The Kier molecular flexibility index (Phi) is 3.68. The van der Waals surface area contributed by atoms with Gasteiger partial charge in [-0.05, 0) is 0 Å². The van der Waals surface area contributed by atoms with Crippen molar-refractivity contribution in [3.8, 4) is 0 Å². The Bertz CT molecular complexity index is 553. The van der Waals surface area contributed by atoms with Crippen molar-refractivity contribution in [2.24, 2.45) is 0 Å².